The molecule has 0 fully saturated rings. The number of hydrazone groups is 1. The first-order valence-electron chi connectivity index (χ1n) is 5.67. The third kappa shape index (κ3) is 4.04. The third-order valence-corrected chi connectivity index (χ3v) is 4.05. The molecule has 0 aliphatic carbocycles. The number of thiophene rings is 1. The van der Waals surface area contributed by atoms with Gasteiger partial charge in [-0.1, -0.05) is 0 Å². The van der Waals surface area contributed by atoms with Crippen molar-refractivity contribution in [2.75, 3.05) is 5.43 Å². The number of halogens is 4. The molecule has 0 atom stereocenters. The molecule has 116 valence electrons. The van der Waals surface area contributed by atoms with Gasteiger partial charge in [0.15, 0.2) is 0 Å². The second-order valence-electron chi connectivity index (χ2n) is 4.00. The Morgan fingerprint density at radius 2 is 2.05 bits per heavy atom. The SMILES string of the molecule is O=[N+]([O-])c1cc(C(F)(F)F)ccc1N/N=C\c1ccc(Br)s1. The molecule has 0 spiro atoms. The van der Waals surface area contributed by atoms with E-state index in [1.165, 1.54) is 17.6 Å². The number of nitro benzene ring substituents is 1. The summed E-state index contributed by atoms with van der Waals surface area (Å²) in [5.74, 6) is 0. The van der Waals surface area contributed by atoms with E-state index in [1.807, 2.05) is 0 Å². The van der Waals surface area contributed by atoms with Crippen LogP contribution in [0, 0.1) is 10.1 Å². The first-order valence-corrected chi connectivity index (χ1v) is 7.28. The van der Waals surface area contributed by atoms with Crippen molar-refractivity contribution >= 4 is 44.9 Å². The number of benzene rings is 1. The van der Waals surface area contributed by atoms with Crippen molar-refractivity contribution in [3.8, 4) is 0 Å². The van der Waals surface area contributed by atoms with Crippen LogP contribution in [0.2, 0.25) is 0 Å². The van der Waals surface area contributed by atoms with Gasteiger partial charge in [0.25, 0.3) is 5.69 Å². The summed E-state index contributed by atoms with van der Waals surface area (Å²) in [7, 11) is 0. The molecule has 1 heterocycles. The lowest BCUT2D eigenvalue weighted by atomic mass is 10.1. The van der Waals surface area contributed by atoms with Crippen LogP contribution < -0.4 is 5.43 Å². The van der Waals surface area contributed by atoms with Gasteiger partial charge in [0.1, 0.15) is 5.69 Å². The quantitative estimate of drug-likeness (QED) is 0.457. The minimum absolute atomic E-state index is 0.120. The van der Waals surface area contributed by atoms with Crippen LogP contribution >= 0.6 is 27.3 Å². The maximum absolute atomic E-state index is 12.6. The monoisotopic (exact) mass is 393 g/mol. The van der Waals surface area contributed by atoms with Crippen molar-refractivity contribution in [3.63, 3.8) is 0 Å². The average molecular weight is 394 g/mol. The largest absolute Gasteiger partial charge is 0.416 e. The summed E-state index contributed by atoms with van der Waals surface area (Å²) >= 11 is 4.65. The van der Waals surface area contributed by atoms with Gasteiger partial charge in [-0.2, -0.15) is 18.3 Å². The van der Waals surface area contributed by atoms with Crippen LogP contribution in [0.1, 0.15) is 10.4 Å². The van der Waals surface area contributed by atoms with E-state index in [2.05, 4.69) is 26.5 Å². The molecule has 1 aromatic heterocycles. The van der Waals surface area contributed by atoms with Gasteiger partial charge in [0.2, 0.25) is 0 Å². The van der Waals surface area contributed by atoms with Crippen LogP contribution in [0.5, 0.6) is 0 Å². The summed E-state index contributed by atoms with van der Waals surface area (Å²) < 4.78 is 38.6. The fraction of sp³-hybridized carbons (Fsp3) is 0.0833. The molecule has 0 unspecified atom stereocenters. The highest BCUT2D eigenvalue weighted by Gasteiger charge is 2.33. The lowest BCUT2D eigenvalue weighted by Crippen LogP contribution is -2.06. The third-order valence-electron chi connectivity index (χ3n) is 2.49. The summed E-state index contributed by atoms with van der Waals surface area (Å²) in [6, 6.07) is 5.77. The van der Waals surface area contributed by atoms with E-state index < -0.39 is 22.4 Å². The highest BCUT2D eigenvalue weighted by Crippen LogP contribution is 2.34. The predicted octanol–water partition coefficient (Wildman–Crippen LogP) is 4.88. The van der Waals surface area contributed by atoms with Crippen LogP contribution in [0.25, 0.3) is 0 Å². The number of hydrogen-bond acceptors (Lipinski definition) is 5. The van der Waals surface area contributed by atoms with Gasteiger partial charge in [-0.3, -0.25) is 15.5 Å². The zero-order chi connectivity index (χ0) is 16.3. The van der Waals surface area contributed by atoms with Gasteiger partial charge in [0, 0.05) is 10.9 Å². The molecular formula is C12H7BrF3N3O2S. The highest BCUT2D eigenvalue weighted by atomic mass is 79.9. The first-order chi connectivity index (χ1) is 10.3. The minimum atomic E-state index is -4.64. The number of anilines is 1. The van der Waals surface area contributed by atoms with Crippen LogP contribution in [0.4, 0.5) is 24.5 Å². The van der Waals surface area contributed by atoms with Crippen molar-refractivity contribution < 1.29 is 18.1 Å². The van der Waals surface area contributed by atoms with Gasteiger partial charge in [-0.05, 0) is 40.2 Å². The van der Waals surface area contributed by atoms with Crippen molar-refractivity contribution in [3.05, 3.63) is 54.7 Å². The second-order valence-corrected chi connectivity index (χ2v) is 6.49. The van der Waals surface area contributed by atoms with E-state index in [9.17, 15) is 23.3 Å². The lowest BCUT2D eigenvalue weighted by molar-refractivity contribution is -0.384. The summed E-state index contributed by atoms with van der Waals surface area (Å²) in [5.41, 5.74) is 0.480. The molecule has 0 amide bonds. The van der Waals surface area contributed by atoms with Gasteiger partial charge < -0.3 is 0 Å². The molecule has 2 aromatic rings. The van der Waals surface area contributed by atoms with E-state index in [1.54, 1.807) is 12.1 Å². The number of nitro groups is 1. The Bertz CT molecular complexity index is 731. The molecule has 0 saturated heterocycles. The van der Waals surface area contributed by atoms with Crippen LogP contribution in [-0.2, 0) is 6.18 Å². The van der Waals surface area contributed by atoms with E-state index >= 15 is 0 Å². The molecule has 1 aromatic carbocycles. The van der Waals surface area contributed by atoms with Gasteiger partial charge in [-0.15, -0.1) is 11.3 Å². The number of hydrogen-bond donors (Lipinski definition) is 1. The Morgan fingerprint density at radius 1 is 1.32 bits per heavy atom. The van der Waals surface area contributed by atoms with Crippen molar-refractivity contribution in [2.24, 2.45) is 5.10 Å². The maximum Gasteiger partial charge on any atom is 0.416 e. The summed E-state index contributed by atoms with van der Waals surface area (Å²) in [4.78, 5) is 10.8. The minimum Gasteiger partial charge on any atom is -0.272 e. The second kappa shape index (κ2) is 6.44. The zero-order valence-corrected chi connectivity index (χ0v) is 13.0. The fourth-order valence-corrected chi connectivity index (χ4v) is 2.81. The van der Waals surface area contributed by atoms with E-state index in [-0.39, 0.29) is 5.69 Å². The molecule has 0 aliphatic heterocycles. The average Bonchev–Trinajstić information content (AvgIpc) is 2.83. The highest BCUT2D eigenvalue weighted by molar-refractivity contribution is 9.11. The Kier molecular flexibility index (Phi) is 4.81. The Balaban J connectivity index is 2.23. The fourth-order valence-electron chi connectivity index (χ4n) is 1.52. The van der Waals surface area contributed by atoms with Crippen molar-refractivity contribution in [1.29, 1.82) is 0 Å². The van der Waals surface area contributed by atoms with Gasteiger partial charge >= 0.3 is 6.18 Å². The van der Waals surface area contributed by atoms with Crippen LogP contribution in [0.15, 0.2) is 39.2 Å². The molecule has 0 aliphatic rings. The topological polar surface area (TPSA) is 67.5 Å². The van der Waals surface area contributed by atoms with Crippen molar-refractivity contribution in [2.45, 2.75) is 6.18 Å². The number of rotatable bonds is 4. The Hall–Kier alpha value is -1.94. The molecule has 0 saturated carbocycles. The molecule has 0 radical (unpaired) electrons. The first kappa shape index (κ1) is 16.4. The maximum atomic E-state index is 12.6. The van der Waals surface area contributed by atoms with Crippen molar-refractivity contribution in [1.82, 2.24) is 0 Å². The summed E-state index contributed by atoms with van der Waals surface area (Å²) in [5, 5.41) is 14.7. The van der Waals surface area contributed by atoms with E-state index in [4.69, 9.17) is 0 Å². The standard InChI is InChI=1S/C12H7BrF3N3O2S/c13-11-4-2-8(22-11)6-17-18-9-3-1-7(12(14,15)16)5-10(9)19(20)21/h1-6,18H/b17-6-. The van der Waals surface area contributed by atoms with Gasteiger partial charge in [0.05, 0.1) is 20.5 Å². The molecule has 22 heavy (non-hydrogen) atoms. The predicted molar refractivity (Wildman–Crippen MR) is 81.3 cm³/mol. The number of alkyl halides is 3. The van der Waals surface area contributed by atoms with Gasteiger partial charge in [-0.25, -0.2) is 0 Å². The summed E-state index contributed by atoms with van der Waals surface area (Å²) in [6.45, 7) is 0. The Morgan fingerprint density at radius 3 is 2.59 bits per heavy atom. The number of nitrogens with zero attached hydrogens (tertiary/aromatic N) is 2. The van der Waals surface area contributed by atoms with Crippen LogP contribution in [-0.4, -0.2) is 11.1 Å². The molecule has 2 rings (SSSR count). The van der Waals surface area contributed by atoms with E-state index in [0.29, 0.717) is 6.07 Å². The molecule has 0 bridgehead atoms. The Labute approximate surface area is 134 Å². The molecule has 10 heteroatoms. The lowest BCUT2D eigenvalue weighted by Gasteiger charge is -2.08. The van der Waals surface area contributed by atoms with Crippen LogP contribution in [0.3, 0.4) is 0 Å². The zero-order valence-electron chi connectivity index (χ0n) is 10.6. The normalized spacial score (nSPS) is 11.8. The number of nitrogens with one attached hydrogen (secondary N) is 1. The van der Waals surface area contributed by atoms with E-state index in [0.717, 1.165) is 20.8 Å². The summed E-state index contributed by atoms with van der Waals surface area (Å²) in [6.07, 6.45) is -3.23. The molecular weight excluding hydrogens is 387 g/mol. The molecule has 5 nitrogen and oxygen atoms in total. The smallest absolute Gasteiger partial charge is 0.272 e. The molecule has 1 N–H and O–H groups in total.